The zero-order valence-electron chi connectivity index (χ0n) is 9.87. The first-order valence-electron chi connectivity index (χ1n) is 5.24. The molecule has 1 aromatic rings. The summed E-state index contributed by atoms with van der Waals surface area (Å²) in [6.07, 6.45) is -0.150. The van der Waals surface area contributed by atoms with Crippen LogP contribution in [0.4, 0.5) is 0 Å². The van der Waals surface area contributed by atoms with Crippen LogP contribution in [0.5, 0.6) is 0 Å². The molecule has 0 bridgehead atoms. The molecule has 18 heavy (non-hydrogen) atoms. The minimum atomic E-state index is -3.75. The van der Waals surface area contributed by atoms with Gasteiger partial charge in [0.15, 0.2) is 15.1 Å². The van der Waals surface area contributed by atoms with Crippen LogP contribution in [0.3, 0.4) is 0 Å². The molecule has 0 heterocycles. The van der Waals surface area contributed by atoms with Crippen molar-refractivity contribution >= 4 is 15.8 Å². The van der Waals surface area contributed by atoms with E-state index in [-0.39, 0.29) is 12.2 Å². The van der Waals surface area contributed by atoms with Crippen molar-refractivity contribution in [2.75, 3.05) is 12.9 Å². The molecule has 0 spiro atoms. The smallest absolute Gasteiger partial charge is 0.328 e. The molecule has 0 aliphatic heterocycles. The highest BCUT2D eigenvalue weighted by atomic mass is 32.2. The number of ether oxygens (including phenoxy) is 1. The minimum absolute atomic E-state index is 0.150. The van der Waals surface area contributed by atoms with Crippen molar-refractivity contribution in [3.63, 3.8) is 0 Å². The highest BCUT2D eigenvalue weighted by Gasteiger charge is 2.34. The molecule has 0 aromatic heterocycles. The molecule has 1 unspecified atom stereocenters. The van der Waals surface area contributed by atoms with E-state index in [0.29, 0.717) is 5.56 Å². The predicted octanol–water partition coefficient (Wildman–Crippen LogP) is 1.23. The monoisotopic (exact) mass is 267 g/mol. The number of hydrogen-bond acceptors (Lipinski definition) is 5. The molecule has 1 rings (SSSR count). The predicted molar refractivity (Wildman–Crippen MR) is 65.2 cm³/mol. The van der Waals surface area contributed by atoms with Crippen molar-refractivity contribution in [1.29, 1.82) is 5.26 Å². The van der Waals surface area contributed by atoms with Gasteiger partial charge in [-0.15, -0.1) is 0 Å². The average molecular weight is 267 g/mol. The summed E-state index contributed by atoms with van der Waals surface area (Å²) in [5.74, 6) is -1.20. The van der Waals surface area contributed by atoms with Gasteiger partial charge in [0.1, 0.15) is 0 Å². The van der Waals surface area contributed by atoms with E-state index in [0.717, 1.165) is 7.11 Å². The van der Waals surface area contributed by atoms with Crippen LogP contribution in [0.25, 0.3) is 0 Å². The molecule has 6 heteroatoms. The summed E-state index contributed by atoms with van der Waals surface area (Å²) in [4.78, 5) is 11.6. The molecule has 0 saturated heterocycles. The Hall–Kier alpha value is -1.87. The van der Waals surface area contributed by atoms with Gasteiger partial charge in [-0.2, -0.15) is 5.26 Å². The van der Waals surface area contributed by atoms with E-state index in [1.807, 2.05) is 0 Å². The van der Waals surface area contributed by atoms with Gasteiger partial charge in [0.25, 0.3) is 0 Å². The van der Waals surface area contributed by atoms with Gasteiger partial charge in [0, 0.05) is 6.42 Å². The first-order chi connectivity index (χ1) is 8.53. The fourth-order valence-electron chi connectivity index (χ4n) is 1.53. The summed E-state index contributed by atoms with van der Waals surface area (Å²) >= 11 is 0. The summed E-state index contributed by atoms with van der Waals surface area (Å²) < 4.78 is 28.6. The quantitative estimate of drug-likeness (QED) is 0.749. The Labute approximate surface area is 106 Å². The Bertz CT molecular complexity index is 545. The molecule has 0 aliphatic rings. The van der Waals surface area contributed by atoms with Crippen LogP contribution in [0, 0.1) is 11.3 Å². The van der Waals surface area contributed by atoms with Crippen LogP contribution in [-0.2, 0) is 19.4 Å². The lowest BCUT2D eigenvalue weighted by Crippen LogP contribution is -2.25. The van der Waals surface area contributed by atoms with Crippen molar-refractivity contribution in [3.8, 4) is 6.07 Å². The standard InChI is InChI=1S/C12H13NO4S/c1-17-12(14)11(10-6-3-2-4-7-10)18(15,16)9-5-8-13/h2-4,6-7,11H,5,9H2,1H3. The molecular formula is C12H13NO4S. The van der Waals surface area contributed by atoms with Gasteiger partial charge in [0.2, 0.25) is 0 Å². The Morgan fingerprint density at radius 1 is 1.39 bits per heavy atom. The van der Waals surface area contributed by atoms with E-state index >= 15 is 0 Å². The van der Waals surface area contributed by atoms with Crippen LogP contribution in [-0.4, -0.2) is 27.2 Å². The Kier molecular flexibility index (Phi) is 4.86. The van der Waals surface area contributed by atoms with Gasteiger partial charge in [-0.1, -0.05) is 30.3 Å². The summed E-state index contributed by atoms with van der Waals surface area (Å²) in [5.41, 5.74) is 0.349. The lowest BCUT2D eigenvalue weighted by molar-refractivity contribution is -0.140. The molecule has 0 amide bonds. The lowest BCUT2D eigenvalue weighted by atomic mass is 10.1. The molecular weight excluding hydrogens is 254 g/mol. The Balaban J connectivity index is 3.16. The molecule has 1 atom stereocenters. The Morgan fingerprint density at radius 3 is 2.50 bits per heavy atom. The van der Waals surface area contributed by atoms with Crippen LogP contribution in [0.1, 0.15) is 17.2 Å². The number of carbonyl (C=O) groups excluding carboxylic acids is 1. The third-order valence-electron chi connectivity index (χ3n) is 2.38. The molecule has 0 N–H and O–H groups in total. The van der Waals surface area contributed by atoms with E-state index in [9.17, 15) is 13.2 Å². The van der Waals surface area contributed by atoms with Crippen molar-refractivity contribution in [2.24, 2.45) is 0 Å². The zero-order valence-corrected chi connectivity index (χ0v) is 10.7. The van der Waals surface area contributed by atoms with Gasteiger partial charge in [0.05, 0.1) is 18.9 Å². The highest BCUT2D eigenvalue weighted by Crippen LogP contribution is 2.24. The van der Waals surface area contributed by atoms with Crippen molar-refractivity contribution in [1.82, 2.24) is 0 Å². The first-order valence-corrected chi connectivity index (χ1v) is 6.95. The Morgan fingerprint density at radius 2 is 2.00 bits per heavy atom. The molecule has 0 aliphatic carbocycles. The van der Waals surface area contributed by atoms with Crippen LogP contribution in [0.2, 0.25) is 0 Å². The molecule has 96 valence electrons. The second kappa shape index (κ2) is 6.17. The van der Waals surface area contributed by atoms with Gasteiger partial charge >= 0.3 is 5.97 Å². The zero-order chi connectivity index (χ0) is 13.6. The molecule has 0 saturated carbocycles. The summed E-state index contributed by atoms with van der Waals surface area (Å²) in [6, 6.07) is 9.86. The molecule has 1 aromatic carbocycles. The van der Waals surface area contributed by atoms with E-state index in [2.05, 4.69) is 4.74 Å². The third kappa shape index (κ3) is 3.31. The number of carbonyl (C=O) groups is 1. The number of nitriles is 1. The molecule has 0 radical (unpaired) electrons. The fourth-order valence-corrected chi connectivity index (χ4v) is 3.10. The van der Waals surface area contributed by atoms with Gasteiger partial charge in [-0.3, -0.25) is 4.79 Å². The SMILES string of the molecule is COC(=O)C(c1ccccc1)S(=O)(=O)CCC#N. The highest BCUT2D eigenvalue weighted by molar-refractivity contribution is 7.92. The normalized spacial score (nSPS) is 12.4. The number of hydrogen-bond donors (Lipinski definition) is 0. The first kappa shape index (κ1) is 14.2. The fraction of sp³-hybridized carbons (Fsp3) is 0.333. The second-order valence-corrected chi connectivity index (χ2v) is 5.79. The van der Waals surface area contributed by atoms with Crippen molar-refractivity contribution in [3.05, 3.63) is 35.9 Å². The number of nitrogens with zero attached hydrogens (tertiary/aromatic N) is 1. The lowest BCUT2D eigenvalue weighted by Gasteiger charge is -2.14. The summed E-state index contributed by atoms with van der Waals surface area (Å²) in [6.45, 7) is 0. The maximum absolute atomic E-state index is 12.0. The van der Waals surface area contributed by atoms with Gasteiger partial charge in [-0.05, 0) is 5.56 Å². The largest absolute Gasteiger partial charge is 0.468 e. The van der Waals surface area contributed by atoms with Gasteiger partial charge in [-0.25, -0.2) is 8.42 Å². The van der Waals surface area contributed by atoms with Gasteiger partial charge < -0.3 is 4.74 Å². The summed E-state index contributed by atoms with van der Waals surface area (Å²) in [5, 5.41) is 7.08. The second-order valence-electron chi connectivity index (χ2n) is 3.59. The number of rotatable bonds is 5. The average Bonchev–Trinajstić information content (AvgIpc) is 2.37. The number of esters is 1. The molecule has 5 nitrogen and oxygen atoms in total. The summed E-state index contributed by atoms with van der Waals surface area (Å²) in [7, 11) is -2.61. The van der Waals surface area contributed by atoms with E-state index in [1.165, 1.54) is 0 Å². The van der Waals surface area contributed by atoms with Crippen molar-refractivity contribution < 1.29 is 17.9 Å². The maximum Gasteiger partial charge on any atom is 0.328 e. The van der Waals surface area contributed by atoms with E-state index < -0.39 is 21.1 Å². The number of sulfone groups is 1. The van der Waals surface area contributed by atoms with E-state index in [4.69, 9.17) is 5.26 Å². The maximum atomic E-state index is 12.0. The topological polar surface area (TPSA) is 84.2 Å². The number of methoxy groups -OCH3 is 1. The van der Waals surface area contributed by atoms with Crippen molar-refractivity contribution in [2.45, 2.75) is 11.7 Å². The number of benzene rings is 1. The van der Waals surface area contributed by atoms with Crippen LogP contribution in [0.15, 0.2) is 30.3 Å². The van der Waals surface area contributed by atoms with Crippen LogP contribution >= 0.6 is 0 Å². The van der Waals surface area contributed by atoms with E-state index in [1.54, 1.807) is 36.4 Å². The third-order valence-corrected chi connectivity index (χ3v) is 4.33. The molecule has 0 fully saturated rings. The van der Waals surface area contributed by atoms with Crippen LogP contribution < -0.4 is 0 Å². The minimum Gasteiger partial charge on any atom is -0.468 e.